The van der Waals surface area contributed by atoms with Crippen molar-refractivity contribution in [3.63, 3.8) is 0 Å². The number of nitrogens with two attached hydrogens (primary N) is 1. The summed E-state index contributed by atoms with van der Waals surface area (Å²) >= 11 is 0.807. The predicted octanol–water partition coefficient (Wildman–Crippen LogP) is 1.57. The number of aliphatic hydroxyl groups excluding tert-OH is 4. The summed E-state index contributed by atoms with van der Waals surface area (Å²) in [5.41, 5.74) is 6.75. The molecule has 3 aromatic carbocycles. The molecule has 1 heterocycles. The van der Waals surface area contributed by atoms with Crippen LogP contribution in [0.2, 0.25) is 0 Å². The third kappa shape index (κ3) is 39.8. The number of aliphatic hydroxyl groups is 4. The van der Waals surface area contributed by atoms with Gasteiger partial charge in [0.05, 0.1) is 104 Å². The Balaban J connectivity index is 1.53. The van der Waals surface area contributed by atoms with Gasteiger partial charge >= 0.3 is 17.9 Å². The minimum Gasteiger partial charge on any atom is -0.508 e. The molecule has 0 radical (unpaired) electrons. The molecular formula is C90H126N10O29S. The van der Waals surface area contributed by atoms with Gasteiger partial charge in [-0.1, -0.05) is 107 Å². The highest BCUT2D eigenvalue weighted by Crippen LogP contribution is 2.27. The first-order chi connectivity index (χ1) is 61.4. The highest BCUT2D eigenvalue weighted by molar-refractivity contribution is 8.14. The van der Waals surface area contributed by atoms with E-state index in [-0.39, 0.29) is 80.3 Å². The maximum atomic E-state index is 14.8. The van der Waals surface area contributed by atoms with Gasteiger partial charge in [-0.2, -0.15) is 0 Å². The Labute approximate surface area is 757 Å². The SMILES string of the molecule is CC[C@H](C)[C@H](NC(=O)[C@H](CO)CC(=O)[C@H](Cc1ccc(O)cc1)NC(=O)[C@H](CC(=O)O)CC(=O)[C@H](CO)NC(=O)[C@@H](CC(=O)[C@H](Cc1ccccc1)NC(=O)[C@@H](CC(=O)CNC(=O)[C@H](CCC(=O)O)CC(=O)CCC(=O)NCCN1C(=O)CSC1=O)[C@@H](C)O)[C@@H](C)O)C(=O)C[C@@H](Cc1ccc(O)cc1)C(=O)N[C@@H](CC(C)C)C(=O)C[C@@H](CC(=O)O)C(=O)N[C@H](C)CCCCN. The van der Waals surface area contributed by atoms with Crippen LogP contribution in [0.3, 0.4) is 0 Å². The second-order valence-electron chi connectivity index (χ2n) is 33.5. The van der Waals surface area contributed by atoms with E-state index in [4.69, 9.17) is 5.73 Å². The molecule has 130 heavy (non-hydrogen) atoms. The lowest BCUT2D eigenvalue weighted by Gasteiger charge is -2.28. The van der Waals surface area contributed by atoms with Gasteiger partial charge in [-0.05, 0) is 125 Å². The van der Waals surface area contributed by atoms with Crippen LogP contribution in [-0.2, 0) is 110 Å². The number of ketones is 7. The molecular weight excluding hydrogens is 1720 g/mol. The smallest absolute Gasteiger partial charge is 0.304 e. The number of phenols is 2. The summed E-state index contributed by atoms with van der Waals surface area (Å²) in [5, 5.41) is 113. The van der Waals surface area contributed by atoms with E-state index in [0.717, 1.165) is 30.5 Å². The first-order valence-corrected chi connectivity index (χ1v) is 44.4. The number of nitrogens with one attached hydrogen (secondary N) is 8. The summed E-state index contributed by atoms with van der Waals surface area (Å²) in [4.78, 5) is 272. The number of thioether (sulfide) groups is 1. The summed E-state index contributed by atoms with van der Waals surface area (Å²) in [6, 6.07) is 10.3. The number of hydrogen-bond acceptors (Lipinski definition) is 28. The van der Waals surface area contributed by atoms with Gasteiger partial charge in [-0.15, -0.1) is 0 Å². The zero-order valence-corrected chi connectivity index (χ0v) is 75.1. The van der Waals surface area contributed by atoms with Crippen LogP contribution in [0.1, 0.15) is 181 Å². The number of imide groups is 1. The summed E-state index contributed by atoms with van der Waals surface area (Å²) in [7, 11) is 0. The van der Waals surface area contributed by atoms with Crippen LogP contribution in [0.4, 0.5) is 4.79 Å². The fourth-order valence-corrected chi connectivity index (χ4v) is 15.2. The standard InChI is InChI=1S/C90H126N10O29S/c1-8-50(4)82(76(113)39-58(33-55-17-22-62(105)23-18-55)85(124)95-68(32-49(2)3)72(109)37-59(41-80(118)119)84(123)94-51(5)14-12-13-29-91)99-87(126)61(46-101)40-73(110)69(35-56-19-24-63(106)25-20-56)96-86(125)60(42-81(120)121)38-74(111)71(47-102)98-89(128)67(53(7)104)44-75(112)70(34-54-15-10-9-11-16-54)97-88(127)66(52(6)103)43-65(108)45-93-83(122)57(21-28-79(116)117)36-64(107)26-27-77(114)92-30-31-100-78(115)48-130-90(100)129/h9-11,15-20,22-25,49-53,57-61,66-71,82,101-106H,8,12-14,21,26-48,91H2,1-7H3,(H,92,114)(H,93,122)(H,94,123)(H,95,124)(H,96,125)(H,97,127)(H,98,128)(H,99,126)(H,116,117)(H,118,119)(H,120,121)/t50-,51+,52+,53+,57+,58+,59-,60-,61-,66-,67-,68-,69-,70-,71-,82-/m0/s1. The molecule has 0 spiro atoms. The summed E-state index contributed by atoms with van der Waals surface area (Å²) in [5.74, 6) is -30.9. The molecule has 1 aliphatic heterocycles. The first-order valence-electron chi connectivity index (χ1n) is 43.4. The minimum absolute atomic E-state index is 0.0226. The number of rotatable bonds is 65. The molecule has 716 valence electrons. The van der Waals surface area contributed by atoms with Crippen molar-refractivity contribution >= 4 is 129 Å². The van der Waals surface area contributed by atoms with Crippen molar-refractivity contribution in [2.75, 3.05) is 45.1 Å². The van der Waals surface area contributed by atoms with Gasteiger partial charge < -0.3 is 94.2 Å². The lowest BCUT2D eigenvalue weighted by atomic mass is 9.85. The van der Waals surface area contributed by atoms with E-state index < -0.39 is 309 Å². The molecule has 1 aliphatic rings. The first kappa shape index (κ1) is 111. The van der Waals surface area contributed by atoms with Crippen LogP contribution in [0.15, 0.2) is 78.9 Å². The van der Waals surface area contributed by atoms with Crippen LogP contribution in [0, 0.1) is 53.3 Å². The zero-order valence-electron chi connectivity index (χ0n) is 74.2. The molecule has 4 rings (SSSR count). The Morgan fingerprint density at radius 2 is 0.923 bits per heavy atom. The van der Waals surface area contributed by atoms with Crippen molar-refractivity contribution in [2.45, 2.75) is 232 Å². The van der Waals surface area contributed by atoms with Crippen molar-refractivity contribution in [3.05, 3.63) is 95.6 Å². The van der Waals surface area contributed by atoms with E-state index in [2.05, 4.69) is 42.5 Å². The van der Waals surface area contributed by atoms with Crippen LogP contribution in [0.5, 0.6) is 11.5 Å². The number of amides is 10. The van der Waals surface area contributed by atoms with Crippen LogP contribution >= 0.6 is 11.8 Å². The van der Waals surface area contributed by atoms with Gasteiger partial charge in [-0.25, -0.2) is 0 Å². The van der Waals surface area contributed by atoms with Gasteiger partial charge in [0.15, 0.2) is 34.7 Å². The Kier molecular flexibility index (Phi) is 48.4. The molecule has 0 aliphatic carbocycles. The number of carbonyl (C=O) groups is 20. The second kappa shape index (κ2) is 56.8. The van der Waals surface area contributed by atoms with Gasteiger partial charge in [-0.3, -0.25) is 101 Å². The number of benzene rings is 3. The third-order valence-corrected chi connectivity index (χ3v) is 23.2. The lowest BCUT2D eigenvalue weighted by Crippen LogP contribution is -2.52. The molecule has 1 saturated heterocycles. The molecule has 40 heteroatoms. The normalized spacial score (nSPS) is 15.7. The quantitative estimate of drug-likeness (QED) is 0.0357. The fraction of sp³-hybridized carbons (Fsp3) is 0.578. The average Bonchev–Trinajstić information content (AvgIpc) is 0.848. The van der Waals surface area contributed by atoms with E-state index in [0.29, 0.717) is 36.9 Å². The molecule has 0 saturated carbocycles. The number of aromatic hydroxyl groups is 2. The highest BCUT2D eigenvalue weighted by atomic mass is 32.2. The van der Waals surface area contributed by atoms with E-state index in [1.807, 2.05) is 0 Å². The van der Waals surface area contributed by atoms with Gasteiger partial charge in [0, 0.05) is 95.2 Å². The zero-order chi connectivity index (χ0) is 97.2. The van der Waals surface area contributed by atoms with Crippen molar-refractivity contribution in [1.82, 2.24) is 47.4 Å². The molecule has 16 atom stereocenters. The molecule has 0 unspecified atom stereocenters. The van der Waals surface area contributed by atoms with E-state index >= 15 is 0 Å². The molecule has 10 amide bonds. The van der Waals surface area contributed by atoms with E-state index in [1.165, 1.54) is 48.5 Å². The number of nitrogens with zero attached hydrogens (tertiary/aromatic N) is 1. The fourth-order valence-electron chi connectivity index (χ4n) is 14.5. The number of unbranched alkanes of at least 4 members (excludes halogenated alkanes) is 1. The maximum absolute atomic E-state index is 14.8. The number of carboxylic acid groups (broad SMARTS) is 3. The topological polar surface area (TPSA) is 649 Å². The highest BCUT2D eigenvalue weighted by Gasteiger charge is 2.41. The molecule has 0 bridgehead atoms. The third-order valence-electron chi connectivity index (χ3n) is 22.3. The van der Waals surface area contributed by atoms with Crippen molar-refractivity contribution in [1.29, 1.82) is 0 Å². The number of carbonyl (C=O) groups excluding carboxylic acids is 17. The van der Waals surface area contributed by atoms with E-state index in [9.17, 15) is 142 Å². The minimum atomic E-state index is -2.00. The molecule has 1 fully saturated rings. The van der Waals surface area contributed by atoms with Gasteiger partial charge in [0.2, 0.25) is 53.2 Å². The summed E-state index contributed by atoms with van der Waals surface area (Å²) in [6.07, 6.45) is -11.2. The monoisotopic (exact) mass is 1840 g/mol. The van der Waals surface area contributed by atoms with Crippen molar-refractivity contribution < 1.29 is 142 Å². The molecule has 19 N–H and O–H groups in total. The number of hydrogen-bond donors (Lipinski definition) is 18. The van der Waals surface area contributed by atoms with Crippen LogP contribution in [0.25, 0.3) is 0 Å². The largest absolute Gasteiger partial charge is 0.508 e. The number of phenolic OH excluding ortho intramolecular Hbond substituents is 2. The Bertz CT molecular complexity index is 4380. The van der Waals surface area contributed by atoms with E-state index in [1.54, 1.807) is 65.0 Å². The summed E-state index contributed by atoms with van der Waals surface area (Å²) in [6.45, 7) is 7.87. The van der Waals surface area contributed by atoms with Crippen LogP contribution < -0.4 is 48.3 Å². The number of Topliss-reactive ketones (excluding diaryl/α,β-unsaturated/α-hetero) is 7. The summed E-state index contributed by atoms with van der Waals surface area (Å²) < 4.78 is 0. The second-order valence-corrected chi connectivity index (χ2v) is 34.5. The van der Waals surface area contributed by atoms with Crippen molar-refractivity contribution in [2.24, 2.45) is 59.0 Å². The molecule has 39 nitrogen and oxygen atoms in total. The predicted molar refractivity (Wildman–Crippen MR) is 468 cm³/mol. The van der Waals surface area contributed by atoms with Crippen LogP contribution in [-0.4, -0.2) is 261 Å². The Morgan fingerprint density at radius 3 is 1.43 bits per heavy atom. The van der Waals surface area contributed by atoms with Gasteiger partial charge in [0.25, 0.3) is 5.24 Å². The molecule has 0 aromatic heterocycles. The Hall–Kier alpha value is -11.6. The maximum Gasteiger partial charge on any atom is 0.304 e. The number of carboxylic acids is 3. The molecule has 3 aromatic rings. The average molecular weight is 1840 g/mol. The number of aliphatic carboxylic acids is 3. The van der Waals surface area contributed by atoms with Gasteiger partial charge in [0.1, 0.15) is 23.3 Å². The Morgan fingerprint density at radius 1 is 0.446 bits per heavy atom. The lowest BCUT2D eigenvalue weighted by molar-refractivity contribution is -0.143. The van der Waals surface area contributed by atoms with Crippen molar-refractivity contribution in [3.8, 4) is 11.5 Å².